The molecule has 3 nitrogen and oxygen atoms in total. The second-order valence-electron chi connectivity index (χ2n) is 2.96. The van der Waals surface area contributed by atoms with E-state index in [2.05, 4.69) is 22.8 Å². The van der Waals surface area contributed by atoms with Gasteiger partial charge in [-0.25, -0.2) is 0 Å². The molecule has 0 aromatic rings. The predicted molar refractivity (Wildman–Crippen MR) is 47.9 cm³/mol. The largest absolute Gasteiger partial charge is 0.351 e. The SMILES string of the molecule is CN1CC(NC(=O)CCS)C1. The van der Waals surface area contributed by atoms with Crippen LogP contribution in [-0.4, -0.2) is 42.7 Å². The Morgan fingerprint density at radius 1 is 1.73 bits per heavy atom. The van der Waals surface area contributed by atoms with Crippen molar-refractivity contribution in [2.24, 2.45) is 0 Å². The first-order valence-electron chi connectivity index (χ1n) is 3.81. The summed E-state index contributed by atoms with van der Waals surface area (Å²) in [5.41, 5.74) is 0. The van der Waals surface area contributed by atoms with Crippen LogP contribution in [-0.2, 0) is 4.79 Å². The van der Waals surface area contributed by atoms with Gasteiger partial charge in [-0.1, -0.05) is 0 Å². The highest BCUT2D eigenvalue weighted by atomic mass is 32.1. The average molecular weight is 174 g/mol. The predicted octanol–water partition coefficient (Wildman–Crippen LogP) is -0.264. The molecule has 0 atom stereocenters. The lowest BCUT2D eigenvalue weighted by molar-refractivity contribution is -0.122. The van der Waals surface area contributed by atoms with Crippen molar-refractivity contribution < 1.29 is 4.79 Å². The molecule has 0 saturated carbocycles. The number of rotatable bonds is 3. The van der Waals surface area contributed by atoms with E-state index in [9.17, 15) is 4.79 Å². The van der Waals surface area contributed by atoms with Gasteiger partial charge >= 0.3 is 0 Å². The zero-order chi connectivity index (χ0) is 8.27. The van der Waals surface area contributed by atoms with Crippen LogP contribution in [0.4, 0.5) is 0 Å². The van der Waals surface area contributed by atoms with E-state index in [0.29, 0.717) is 18.2 Å². The lowest BCUT2D eigenvalue weighted by Crippen LogP contribution is -2.57. The van der Waals surface area contributed by atoms with E-state index in [-0.39, 0.29) is 5.91 Å². The van der Waals surface area contributed by atoms with Gasteiger partial charge in [-0.3, -0.25) is 4.79 Å². The second kappa shape index (κ2) is 3.97. The highest BCUT2D eigenvalue weighted by Crippen LogP contribution is 2.03. The molecule has 1 amide bonds. The third-order valence-corrected chi connectivity index (χ3v) is 1.99. The molecule has 1 rings (SSSR count). The minimum absolute atomic E-state index is 0.123. The number of carbonyl (C=O) groups excluding carboxylic acids is 1. The Kier molecular flexibility index (Phi) is 3.20. The van der Waals surface area contributed by atoms with Gasteiger partial charge in [0.2, 0.25) is 5.91 Å². The molecule has 0 aromatic carbocycles. The minimum atomic E-state index is 0.123. The zero-order valence-corrected chi connectivity index (χ0v) is 7.60. The normalized spacial score (nSPS) is 19.5. The van der Waals surface area contributed by atoms with Crippen molar-refractivity contribution in [3.05, 3.63) is 0 Å². The molecular formula is C7H14N2OS. The highest BCUT2D eigenvalue weighted by molar-refractivity contribution is 7.80. The Balaban J connectivity index is 2.07. The average Bonchev–Trinajstić information content (AvgIpc) is 1.85. The fraction of sp³-hybridized carbons (Fsp3) is 0.857. The van der Waals surface area contributed by atoms with Crippen LogP contribution >= 0.6 is 12.6 Å². The summed E-state index contributed by atoms with van der Waals surface area (Å²) >= 11 is 3.98. The van der Waals surface area contributed by atoms with Gasteiger partial charge in [0.15, 0.2) is 0 Å². The minimum Gasteiger partial charge on any atom is -0.351 e. The quantitative estimate of drug-likeness (QED) is 0.578. The fourth-order valence-corrected chi connectivity index (χ4v) is 1.39. The third kappa shape index (κ3) is 2.71. The molecule has 0 radical (unpaired) electrons. The van der Waals surface area contributed by atoms with Crippen molar-refractivity contribution in [1.82, 2.24) is 10.2 Å². The van der Waals surface area contributed by atoms with Crippen LogP contribution in [0.3, 0.4) is 0 Å². The summed E-state index contributed by atoms with van der Waals surface area (Å²) in [5, 5.41) is 2.92. The molecule has 0 unspecified atom stereocenters. The molecule has 1 aliphatic heterocycles. The number of carbonyl (C=O) groups is 1. The number of likely N-dealkylation sites (tertiary alicyclic amines) is 1. The number of thiol groups is 1. The van der Waals surface area contributed by atoms with Crippen molar-refractivity contribution >= 4 is 18.5 Å². The number of amides is 1. The molecule has 0 spiro atoms. The van der Waals surface area contributed by atoms with E-state index in [4.69, 9.17) is 0 Å². The summed E-state index contributed by atoms with van der Waals surface area (Å²) in [4.78, 5) is 13.1. The Hall–Kier alpha value is -0.220. The molecule has 1 aliphatic rings. The molecule has 0 bridgehead atoms. The molecule has 1 fully saturated rings. The maximum atomic E-state index is 11.0. The first kappa shape index (κ1) is 8.87. The van der Waals surface area contributed by atoms with Gasteiger partial charge in [0.25, 0.3) is 0 Å². The molecule has 1 N–H and O–H groups in total. The maximum Gasteiger partial charge on any atom is 0.221 e. The van der Waals surface area contributed by atoms with E-state index in [1.165, 1.54) is 0 Å². The Bertz CT molecular complexity index is 145. The molecule has 0 aliphatic carbocycles. The van der Waals surface area contributed by atoms with Gasteiger partial charge in [-0.2, -0.15) is 12.6 Å². The van der Waals surface area contributed by atoms with Crippen molar-refractivity contribution in [1.29, 1.82) is 0 Å². The number of nitrogens with zero attached hydrogens (tertiary/aromatic N) is 1. The van der Waals surface area contributed by atoms with Crippen molar-refractivity contribution in [2.45, 2.75) is 12.5 Å². The molecule has 1 heterocycles. The topological polar surface area (TPSA) is 32.3 Å². The molecule has 4 heteroatoms. The van der Waals surface area contributed by atoms with Gasteiger partial charge in [0, 0.05) is 19.5 Å². The van der Waals surface area contributed by atoms with Crippen LogP contribution in [0.25, 0.3) is 0 Å². The van der Waals surface area contributed by atoms with Gasteiger partial charge in [-0.15, -0.1) is 0 Å². The number of nitrogens with one attached hydrogen (secondary N) is 1. The summed E-state index contributed by atoms with van der Waals surface area (Å²) in [5.74, 6) is 0.757. The first-order chi connectivity index (χ1) is 5.22. The summed E-state index contributed by atoms with van der Waals surface area (Å²) in [6.45, 7) is 1.97. The summed E-state index contributed by atoms with van der Waals surface area (Å²) in [7, 11) is 2.04. The van der Waals surface area contributed by atoms with E-state index in [1.54, 1.807) is 0 Å². The number of likely N-dealkylation sites (N-methyl/N-ethyl adjacent to an activating group) is 1. The highest BCUT2D eigenvalue weighted by Gasteiger charge is 2.23. The lowest BCUT2D eigenvalue weighted by atomic mass is 10.1. The summed E-state index contributed by atoms with van der Waals surface area (Å²) in [6.07, 6.45) is 0.531. The van der Waals surface area contributed by atoms with E-state index < -0.39 is 0 Å². The second-order valence-corrected chi connectivity index (χ2v) is 3.41. The van der Waals surface area contributed by atoms with Crippen LogP contribution in [0, 0.1) is 0 Å². The Labute approximate surface area is 72.5 Å². The molecule has 1 saturated heterocycles. The van der Waals surface area contributed by atoms with Crippen LogP contribution in [0.5, 0.6) is 0 Å². The van der Waals surface area contributed by atoms with Crippen LogP contribution in [0.2, 0.25) is 0 Å². The van der Waals surface area contributed by atoms with Gasteiger partial charge < -0.3 is 10.2 Å². The standard InChI is InChI=1S/C7H14N2OS/c1-9-4-6(5-9)8-7(10)2-3-11/h6,11H,2-5H2,1H3,(H,8,10). The molecule has 0 aromatic heterocycles. The van der Waals surface area contributed by atoms with Crippen LogP contribution < -0.4 is 5.32 Å². The van der Waals surface area contributed by atoms with Gasteiger partial charge in [0.1, 0.15) is 0 Å². The zero-order valence-electron chi connectivity index (χ0n) is 6.71. The summed E-state index contributed by atoms with van der Waals surface area (Å²) in [6, 6.07) is 0.382. The van der Waals surface area contributed by atoms with Gasteiger partial charge in [-0.05, 0) is 12.8 Å². The Morgan fingerprint density at radius 3 is 2.82 bits per heavy atom. The van der Waals surface area contributed by atoms with Crippen LogP contribution in [0.15, 0.2) is 0 Å². The van der Waals surface area contributed by atoms with Crippen molar-refractivity contribution in [2.75, 3.05) is 25.9 Å². The summed E-state index contributed by atoms with van der Waals surface area (Å²) < 4.78 is 0. The van der Waals surface area contributed by atoms with Crippen molar-refractivity contribution in [3.8, 4) is 0 Å². The molecule has 64 valence electrons. The van der Waals surface area contributed by atoms with E-state index >= 15 is 0 Å². The molecular weight excluding hydrogens is 160 g/mol. The van der Waals surface area contributed by atoms with E-state index in [0.717, 1.165) is 13.1 Å². The maximum absolute atomic E-state index is 11.0. The lowest BCUT2D eigenvalue weighted by Gasteiger charge is -2.36. The number of hydrogen-bond acceptors (Lipinski definition) is 3. The van der Waals surface area contributed by atoms with Gasteiger partial charge in [0.05, 0.1) is 6.04 Å². The smallest absolute Gasteiger partial charge is 0.221 e. The number of hydrogen-bond donors (Lipinski definition) is 2. The first-order valence-corrected chi connectivity index (χ1v) is 4.44. The fourth-order valence-electron chi connectivity index (χ4n) is 1.19. The van der Waals surface area contributed by atoms with E-state index in [1.807, 2.05) is 7.05 Å². The van der Waals surface area contributed by atoms with Crippen molar-refractivity contribution in [3.63, 3.8) is 0 Å². The molecule has 11 heavy (non-hydrogen) atoms. The van der Waals surface area contributed by atoms with Crippen LogP contribution in [0.1, 0.15) is 6.42 Å². The Morgan fingerprint density at radius 2 is 2.36 bits per heavy atom. The monoisotopic (exact) mass is 174 g/mol. The third-order valence-electron chi connectivity index (χ3n) is 1.77.